The van der Waals surface area contributed by atoms with Gasteiger partial charge in [0.05, 0.1) is 11.9 Å². The van der Waals surface area contributed by atoms with E-state index in [1.165, 1.54) is 19.1 Å². The number of hydrogen-bond donors (Lipinski definition) is 1. The molecule has 0 bridgehead atoms. The normalized spacial score (nSPS) is 13.4. The molecule has 0 fully saturated rings. The number of anilines is 1. The van der Waals surface area contributed by atoms with E-state index in [0.29, 0.717) is 5.69 Å². The van der Waals surface area contributed by atoms with Crippen LogP contribution >= 0.6 is 0 Å². The molecule has 0 aliphatic heterocycles. The molecule has 0 aromatic heterocycles. The first-order valence-electron chi connectivity index (χ1n) is 5.57. The van der Waals surface area contributed by atoms with E-state index in [4.69, 9.17) is 0 Å². The lowest BCUT2D eigenvalue weighted by Crippen LogP contribution is -2.26. The fourth-order valence-electron chi connectivity index (χ4n) is 1.70. The molecule has 0 heterocycles. The maximum Gasteiger partial charge on any atom is 0.149 e. The maximum atomic E-state index is 13.6. The van der Waals surface area contributed by atoms with Gasteiger partial charge in [0.15, 0.2) is 0 Å². The van der Waals surface area contributed by atoms with Crippen LogP contribution in [-0.2, 0) is 9.84 Å². The summed E-state index contributed by atoms with van der Waals surface area (Å²) in [5.74, 6) is -0.507. The largest absolute Gasteiger partial charge is 0.389 e. The first kappa shape index (κ1) is 14.9. The van der Waals surface area contributed by atoms with Crippen molar-refractivity contribution < 1.29 is 17.9 Å². The summed E-state index contributed by atoms with van der Waals surface area (Å²) in [4.78, 5) is 1.63. The Hall–Kier alpha value is -1.14. The molecule has 0 amide bonds. The Morgan fingerprint density at radius 2 is 2.06 bits per heavy atom. The summed E-state index contributed by atoms with van der Waals surface area (Å²) >= 11 is 0. The third-order valence-electron chi connectivity index (χ3n) is 2.66. The molecule has 0 unspecified atom stereocenters. The van der Waals surface area contributed by atoms with Crippen LogP contribution in [0.3, 0.4) is 0 Å². The summed E-state index contributed by atoms with van der Waals surface area (Å²) < 4.78 is 35.8. The summed E-state index contributed by atoms with van der Waals surface area (Å²) in [7, 11) is -1.40. The molecule has 1 aromatic rings. The van der Waals surface area contributed by atoms with Crippen LogP contribution in [0.25, 0.3) is 0 Å². The van der Waals surface area contributed by atoms with Crippen LogP contribution in [-0.4, -0.2) is 39.1 Å². The van der Waals surface area contributed by atoms with E-state index in [2.05, 4.69) is 0 Å². The van der Waals surface area contributed by atoms with Crippen LogP contribution in [0.4, 0.5) is 10.1 Å². The summed E-state index contributed by atoms with van der Waals surface area (Å²) in [6.07, 6.45) is 0.212. The van der Waals surface area contributed by atoms with Gasteiger partial charge in [-0.1, -0.05) is 6.07 Å². The zero-order chi connectivity index (χ0) is 13.9. The van der Waals surface area contributed by atoms with Gasteiger partial charge >= 0.3 is 0 Å². The second-order valence-corrected chi connectivity index (χ2v) is 6.66. The molecule has 0 aliphatic rings. The Morgan fingerprint density at radius 3 is 2.56 bits per heavy atom. The molecular formula is C12H18FNO3S. The molecule has 1 aromatic carbocycles. The Balaban J connectivity index is 2.99. The molecule has 6 heteroatoms. The molecule has 0 saturated heterocycles. The zero-order valence-corrected chi connectivity index (χ0v) is 11.5. The topological polar surface area (TPSA) is 57.6 Å². The van der Waals surface area contributed by atoms with Crippen LogP contribution in [0.5, 0.6) is 0 Å². The number of aliphatic hydroxyl groups is 1. The number of rotatable bonds is 5. The Labute approximate surface area is 107 Å². The van der Waals surface area contributed by atoms with Gasteiger partial charge in [-0.25, -0.2) is 12.8 Å². The first-order valence-corrected chi connectivity index (χ1v) is 7.64. The van der Waals surface area contributed by atoms with Gasteiger partial charge in [-0.15, -0.1) is 0 Å². The molecule has 1 rings (SSSR count). The monoisotopic (exact) mass is 275 g/mol. The summed E-state index contributed by atoms with van der Waals surface area (Å²) in [6.45, 7) is 1.73. The molecule has 1 N–H and O–H groups in total. The lowest BCUT2D eigenvalue weighted by atomic mass is 10.1. The molecule has 1 atom stereocenters. The fourth-order valence-corrected chi connectivity index (χ4v) is 2.30. The standard InChI is InChI=1S/C12H18FNO3S/c1-9(15)12-10(13)5-4-6-11(12)14(2)7-8-18(3,16)17/h4-6,9,15H,7-8H2,1-3H3/t9-/m0/s1. The first-order chi connectivity index (χ1) is 8.22. The SMILES string of the molecule is C[C@H](O)c1c(F)cccc1N(C)CCS(C)(=O)=O. The van der Waals surface area contributed by atoms with Crippen molar-refractivity contribution in [3.63, 3.8) is 0 Å². The fraction of sp³-hybridized carbons (Fsp3) is 0.500. The average molecular weight is 275 g/mol. The summed E-state index contributed by atoms with van der Waals surface area (Å²) in [5, 5.41) is 9.58. The Bertz CT molecular complexity index is 514. The third kappa shape index (κ3) is 3.96. The average Bonchev–Trinajstić information content (AvgIpc) is 2.24. The minimum atomic E-state index is -3.07. The van der Waals surface area contributed by atoms with E-state index in [-0.39, 0.29) is 17.9 Å². The maximum absolute atomic E-state index is 13.6. The summed E-state index contributed by atoms with van der Waals surface area (Å²) in [6, 6.07) is 4.47. The van der Waals surface area contributed by atoms with Gasteiger partial charge in [-0.05, 0) is 19.1 Å². The minimum absolute atomic E-state index is 0.0146. The van der Waals surface area contributed by atoms with Crippen molar-refractivity contribution in [2.24, 2.45) is 0 Å². The lowest BCUT2D eigenvalue weighted by molar-refractivity contribution is 0.194. The van der Waals surface area contributed by atoms with Crippen LogP contribution in [0.1, 0.15) is 18.6 Å². The lowest BCUT2D eigenvalue weighted by Gasteiger charge is -2.23. The smallest absolute Gasteiger partial charge is 0.149 e. The summed E-state index contributed by atoms with van der Waals surface area (Å²) in [5.41, 5.74) is 0.696. The van der Waals surface area contributed by atoms with Gasteiger partial charge in [0.2, 0.25) is 0 Å². The highest BCUT2D eigenvalue weighted by Crippen LogP contribution is 2.28. The van der Waals surface area contributed by atoms with E-state index in [9.17, 15) is 17.9 Å². The van der Waals surface area contributed by atoms with Crippen molar-refractivity contribution in [3.05, 3.63) is 29.6 Å². The van der Waals surface area contributed by atoms with Crippen molar-refractivity contribution in [2.45, 2.75) is 13.0 Å². The predicted octanol–water partition coefficient (Wildman–Crippen LogP) is 1.36. The van der Waals surface area contributed by atoms with Crippen molar-refractivity contribution in [1.29, 1.82) is 0 Å². The van der Waals surface area contributed by atoms with Gasteiger partial charge in [0.1, 0.15) is 15.7 Å². The van der Waals surface area contributed by atoms with Crippen molar-refractivity contribution in [1.82, 2.24) is 0 Å². The van der Waals surface area contributed by atoms with Gasteiger partial charge in [0.25, 0.3) is 0 Å². The van der Waals surface area contributed by atoms with Crippen LogP contribution in [0.2, 0.25) is 0 Å². The molecule has 0 radical (unpaired) electrons. The molecule has 4 nitrogen and oxygen atoms in total. The highest BCUT2D eigenvalue weighted by Gasteiger charge is 2.16. The van der Waals surface area contributed by atoms with Crippen molar-refractivity contribution >= 4 is 15.5 Å². The molecule has 0 saturated carbocycles. The molecule has 18 heavy (non-hydrogen) atoms. The highest BCUT2D eigenvalue weighted by molar-refractivity contribution is 7.90. The minimum Gasteiger partial charge on any atom is -0.389 e. The number of aliphatic hydroxyl groups excluding tert-OH is 1. The van der Waals surface area contributed by atoms with E-state index in [1.807, 2.05) is 0 Å². The number of hydrogen-bond acceptors (Lipinski definition) is 4. The van der Waals surface area contributed by atoms with Crippen LogP contribution < -0.4 is 4.90 Å². The number of sulfone groups is 1. The predicted molar refractivity (Wildman–Crippen MR) is 70.0 cm³/mol. The van der Waals surface area contributed by atoms with E-state index < -0.39 is 21.8 Å². The quantitative estimate of drug-likeness (QED) is 0.881. The molecule has 0 aliphatic carbocycles. The number of halogens is 1. The highest BCUT2D eigenvalue weighted by atomic mass is 32.2. The van der Waals surface area contributed by atoms with E-state index in [0.717, 1.165) is 6.26 Å². The number of nitrogens with zero attached hydrogens (tertiary/aromatic N) is 1. The molecule has 102 valence electrons. The van der Waals surface area contributed by atoms with Crippen molar-refractivity contribution in [3.8, 4) is 0 Å². The second-order valence-electron chi connectivity index (χ2n) is 4.40. The Kier molecular flexibility index (Phi) is 4.70. The van der Waals surface area contributed by atoms with E-state index in [1.54, 1.807) is 18.0 Å². The molecule has 0 spiro atoms. The van der Waals surface area contributed by atoms with Gasteiger partial charge < -0.3 is 10.0 Å². The Morgan fingerprint density at radius 1 is 1.44 bits per heavy atom. The van der Waals surface area contributed by atoms with Gasteiger partial charge in [-0.2, -0.15) is 0 Å². The van der Waals surface area contributed by atoms with Crippen molar-refractivity contribution in [2.75, 3.05) is 30.5 Å². The molecular weight excluding hydrogens is 257 g/mol. The van der Waals surface area contributed by atoms with Gasteiger partial charge in [-0.3, -0.25) is 0 Å². The van der Waals surface area contributed by atoms with Crippen LogP contribution in [0, 0.1) is 5.82 Å². The number of benzene rings is 1. The van der Waals surface area contributed by atoms with Gasteiger partial charge in [0, 0.05) is 31.1 Å². The zero-order valence-electron chi connectivity index (χ0n) is 10.7. The van der Waals surface area contributed by atoms with E-state index >= 15 is 0 Å². The second kappa shape index (κ2) is 5.67. The third-order valence-corrected chi connectivity index (χ3v) is 3.58. The van der Waals surface area contributed by atoms with Crippen LogP contribution in [0.15, 0.2) is 18.2 Å².